The molecule has 1 unspecified atom stereocenters. The molecule has 6 nitrogen and oxygen atoms in total. The van der Waals surface area contributed by atoms with Crippen molar-refractivity contribution in [3.63, 3.8) is 0 Å². The second-order valence-corrected chi connectivity index (χ2v) is 7.17. The Balaban J connectivity index is 1.51. The van der Waals surface area contributed by atoms with Crippen molar-refractivity contribution < 1.29 is 9.21 Å². The van der Waals surface area contributed by atoms with E-state index in [2.05, 4.69) is 10.3 Å². The third kappa shape index (κ3) is 3.65. The summed E-state index contributed by atoms with van der Waals surface area (Å²) in [7, 11) is 0. The number of aryl methyl sites for hydroxylation is 2. The van der Waals surface area contributed by atoms with Crippen LogP contribution in [0.25, 0.3) is 10.9 Å². The number of nitrogens with zero attached hydrogens (tertiary/aromatic N) is 2. The molecular weight excluding hydrogens is 342 g/mol. The van der Waals surface area contributed by atoms with E-state index in [0.717, 1.165) is 50.2 Å². The predicted molar refractivity (Wildman–Crippen MR) is 103 cm³/mol. The molecule has 1 aromatic carbocycles. The summed E-state index contributed by atoms with van der Waals surface area (Å²) in [6, 6.07) is 8.95. The molecule has 2 aromatic heterocycles. The molecule has 0 aliphatic carbocycles. The van der Waals surface area contributed by atoms with Gasteiger partial charge in [-0.2, -0.15) is 0 Å². The van der Waals surface area contributed by atoms with Crippen LogP contribution in [-0.4, -0.2) is 21.5 Å². The molecule has 0 saturated heterocycles. The molecule has 1 N–H and O–H groups in total. The van der Waals surface area contributed by atoms with Crippen LogP contribution in [0.5, 0.6) is 0 Å². The largest absolute Gasteiger partial charge is 0.469 e. The van der Waals surface area contributed by atoms with E-state index in [9.17, 15) is 9.59 Å². The van der Waals surface area contributed by atoms with Crippen LogP contribution in [0.15, 0.2) is 45.8 Å². The lowest BCUT2D eigenvalue weighted by molar-refractivity contribution is 0.0938. The second kappa shape index (κ2) is 7.39. The minimum atomic E-state index is -0.150. The van der Waals surface area contributed by atoms with E-state index < -0.39 is 0 Å². The monoisotopic (exact) mass is 365 g/mol. The maximum atomic E-state index is 12.6. The molecule has 1 amide bonds. The first-order valence-corrected chi connectivity index (χ1v) is 9.48. The van der Waals surface area contributed by atoms with Gasteiger partial charge in [0.25, 0.3) is 11.5 Å². The SMILES string of the molecule is CC(CCc1ccco1)NC(=O)c1ccc2c(=O)n3c(nc2c1)CCCC3. The summed E-state index contributed by atoms with van der Waals surface area (Å²) in [6.45, 7) is 2.70. The number of benzene rings is 1. The fourth-order valence-electron chi connectivity index (χ4n) is 3.58. The van der Waals surface area contributed by atoms with Gasteiger partial charge in [-0.1, -0.05) is 0 Å². The predicted octanol–water partition coefficient (Wildman–Crippen LogP) is 3.08. The first kappa shape index (κ1) is 17.5. The maximum Gasteiger partial charge on any atom is 0.261 e. The first-order valence-electron chi connectivity index (χ1n) is 9.48. The fourth-order valence-corrected chi connectivity index (χ4v) is 3.58. The van der Waals surface area contributed by atoms with Crippen molar-refractivity contribution in [2.75, 3.05) is 0 Å². The number of amides is 1. The molecule has 0 saturated carbocycles. The highest BCUT2D eigenvalue weighted by Crippen LogP contribution is 2.16. The Morgan fingerprint density at radius 1 is 1.33 bits per heavy atom. The number of carbonyl (C=O) groups excluding carboxylic acids is 1. The van der Waals surface area contributed by atoms with E-state index in [4.69, 9.17) is 4.42 Å². The zero-order chi connectivity index (χ0) is 18.8. The zero-order valence-corrected chi connectivity index (χ0v) is 15.4. The average Bonchev–Trinajstić information content (AvgIpc) is 3.20. The first-order chi connectivity index (χ1) is 13.1. The van der Waals surface area contributed by atoms with Gasteiger partial charge in [0.15, 0.2) is 0 Å². The Kier molecular flexibility index (Phi) is 4.79. The van der Waals surface area contributed by atoms with Gasteiger partial charge in [-0.3, -0.25) is 14.2 Å². The molecule has 3 heterocycles. The lowest BCUT2D eigenvalue weighted by Crippen LogP contribution is -2.33. The van der Waals surface area contributed by atoms with E-state index in [1.54, 1.807) is 29.0 Å². The highest BCUT2D eigenvalue weighted by Gasteiger charge is 2.16. The average molecular weight is 365 g/mol. The standard InChI is InChI=1S/C21H23N3O3/c1-14(7-9-16-5-4-12-27-16)22-20(25)15-8-10-17-18(13-15)23-19-6-2-3-11-24(19)21(17)26/h4-5,8,10,12-14H,2-3,6-7,9,11H2,1H3,(H,22,25). The van der Waals surface area contributed by atoms with E-state index in [-0.39, 0.29) is 17.5 Å². The van der Waals surface area contributed by atoms with Crippen molar-refractivity contribution in [1.29, 1.82) is 0 Å². The topological polar surface area (TPSA) is 77.1 Å². The number of carbonyl (C=O) groups is 1. The Morgan fingerprint density at radius 2 is 2.22 bits per heavy atom. The molecule has 4 rings (SSSR count). The lowest BCUT2D eigenvalue weighted by Gasteiger charge is -2.18. The van der Waals surface area contributed by atoms with Crippen LogP contribution in [-0.2, 0) is 19.4 Å². The fraction of sp³-hybridized carbons (Fsp3) is 0.381. The summed E-state index contributed by atoms with van der Waals surface area (Å²) in [6.07, 6.45) is 6.09. The number of hydrogen-bond donors (Lipinski definition) is 1. The van der Waals surface area contributed by atoms with Crippen LogP contribution >= 0.6 is 0 Å². The third-order valence-electron chi connectivity index (χ3n) is 5.11. The molecule has 0 fully saturated rings. The molecule has 3 aromatic rings. The van der Waals surface area contributed by atoms with E-state index in [1.807, 2.05) is 19.1 Å². The molecule has 0 bridgehead atoms. The molecule has 0 spiro atoms. The highest BCUT2D eigenvalue weighted by molar-refractivity contribution is 5.97. The number of aromatic nitrogens is 2. The van der Waals surface area contributed by atoms with Crippen molar-refractivity contribution in [2.45, 2.75) is 51.6 Å². The number of hydrogen-bond acceptors (Lipinski definition) is 4. The van der Waals surface area contributed by atoms with Gasteiger partial charge in [-0.25, -0.2) is 4.98 Å². The van der Waals surface area contributed by atoms with Crippen LogP contribution in [0.4, 0.5) is 0 Å². The summed E-state index contributed by atoms with van der Waals surface area (Å²) in [4.78, 5) is 29.9. The number of nitrogens with one attached hydrogen (secondary N) is 1. The minimum Gasteiger partial charge on any atom is -0.469 e. The molecule has 0 radical (unpaired) electrons. The molecule has 140 valence electrons. The quantitative estimate of drug-likeness (QED) is 0.754. The number of fused-ring (bicyclic) bond motifs is 2. The van der Waals surface area contributed by atoms with E-state index in [0.29, 0.717) is 16.5 Å². The Morgan fingerprint density at radius 3 is 3.04 bits per heavy atom. The van der Waals surface area contributed by atoms with Crippen molar-refractivity contribution >= 4 is 16.8 Å². The number of rotatable bonds is 5. The lowest BCUT2D eigenvalue weighted by atomic mass is 10.1. The normalized spacial score (nSPS) is 14.7. The van der Waals surface area contributed by atoms with Crippen molar-refractivity contribution in [1.82, 2.24) is 14.9 Å². The van der Waals surface area contributed by atoms with Gasteiger partial charge in [-0.15, -0.1) is 0 Å². The van der Waals surface area contributed by atoms with Crippen LogP contribution in [0.1, 0.15) is 48.1 Å². The van der Waals surface area contributed by atoms with Gasteiger partial charge < -0.3 is 9.73 Å². The minimum absolute atomic E-state index is 0.00604. The van der Waals surface area contributed by atoms with Gasteiger partial charge in [0, 0.05) is 31.0 Å². The van der Waals surface area contributed by atoms with E-state index >= 15 is 0 Å². The van der Waals surface area contributed by atoms with Crippen molar-refractivity contribution in [3.8, 4) is 0 Å². The molecule has 1 aliphatic rings. The van der Waals surface area contributed by atoms with Crippen LogP contribution in [0.2, 0.25) is 0 Å². The van der Waals surface area contributed by atoms with Crippen molar-refractivity contribution in [3.05, 3.63) is 64.1 Å². The van der Waals surface area contributed by atoms with Gasteiger partial charge in [0.05, 0.1) is 17.2 Å². The summed E-state index contributed by atoms with van der Waals surface area (Å²) >= 11 is 0. The molecule has 27 heavy (non-hydrogen) atoms. The second-order valence-electron chi connectivity index (χ2n) is 7.17. The zero-order valence-electron chi connectivity index (χ0n) is 15.4. The Bertz CT molecular complexity index is 1020. The molecular formula is C21H23N3O3. The van der Waals surface area contributed by atoms with Gasteiger partial charge in [0.1, 0.15) is 11.6 Å². The molecule has 6 heteroatoms. The van der Waals surface area contributed by atoms with Gasteiger partial charge in [-0.05, 0) is 56.5 Å². The van der Waals surface area contributed by atoms with Crippen LogP contribution in [0, 0.1) is 0 Å². The Labute approximate surface area is 157 Å². The third-order valence-corrected chi connectivity index (χ3v) is 5.11. The smallest absolute Gasteiger partial charge is 0.261 e. The van der Waals surface area contributed by atoms with Crippen LogP contribution in [0.3, 0.4) is 0 Å². The van der Waals surface area contributed by atoms with Gasteiger partial charge in [0.2, 0.25) is 0 Å². The van der Waals surface area contributed by atoms with E-state index in [1.165, 1.54) is 0 Å². The molecule has 1 atom stereocenters. The summed E-state index contributed by atoms with van der Waals surface area (Å²) in [5, 5.41) is 3.58. The van der Waals surface area contributed by atoms with Gasteiger partial charge >= 0.3 is 0 Å². The maximum absolute atomic E-state index is 12.6. The van der Waals surface area contributed by atoms with Crippen LogP contribution < -0.4 is 10.9 Å². The Hall–Kier alpha value is -2.89. The summed E-state index contributed by atoms with van der Waals surface area (Å²) < 4.78 is 7.09. The summed E-state index contributed by atoms with van der Waals surface area (Å²) in [5.41, 5.74) is 1.12. The van der Waals surface area contributed by atoms with Crippen molar-refractivity contribution in [2.24, 2.45) is 0 Å². The summed E-state index contributed by atoms with van der Waals surface area (Å²) in [5.74, 6) is 1.59. The molecule has 1 aliphatic heterocycles. The highest BCUT2D eigenvalue weighted by atomic mass is 16.3. The number of furan rings is 1.